The molecule has 0 radical (unpaired) electrons. The predicted molar refractivity (Wildman–Crippen MR) is 92.7 cm³/mol. The molecule has 0 heterocycles. The van der Waals surface area contributed by atoms with Gasteiger partial charge < -0.3 is 15.3 Å². The van der Waals surface area contributed by atoms with Crippen LogP contribution >= 0.6 is 0 Å². The fourth-order valence-corrected chi connectivity index (χ4v) is 2.25. The van der Waals surface area contributed by atoms with E-state index in [2.05, 4.69) is 5.32 Å². The van der Waals surface area contributed by atoms with Crippen LogP contribution in [0.4, 0.5) is 4.79 Å². The number of benzene rings is 2. The third-order valence-corrected chi connectivity index (χ3v) is 3.40. The summed E-state index contributed by atoms with van der Waals surface area (Å²) in [4.78, 5) is 13.8. The van der Waals surface area contributed by atoms with Gasteiger partial charge in [0, 0.05) is 19.3 Å². The molecule has 4 nitrogen and oxygen atoms in total. The molecule has 2 rings (SSSR count). The van der Waals surface area contributed by atoms with E-state index in [1.165, 1.54) is 5.56 Å². The van der Waals surface area contributed by atoms with Crippen LogP contribution < -0.4 is 5.32 Å². The summed E-state index contributed by atoms with van der Waals surface area (Å²) < 4.78 is 0. The monoisotopic (exact) mass is 310 g/mol. The first kappa shape index (κ1) is 16.8. The van der Waals surface area contributed by atoms with E-state index in [4.69, 9.17) is 5.11 Å². The van der Waals surface area contributed by atoms with Crippen LogP contribution in [0.15, 0.2) is 60.8 Å². The lowest BCUT2D eigenvalue weighted by Crippen LogP contribution is -2.38. The van der Waals surface area contributed by atoms with Gasteiger partial charge in [-0.15, -0.1) is 0 Å². The second-order valence-corrected chi connectivity index (χ2v) is 5.33. The van der Waals surface area contributed by atoms with Crippen LogP contribution in [0, 0.1) is 6.92 Å². The Bertz CT molecular complexity index is 653. The summed E-state index contributed by atoms with van der Waals surface area (Å²) in [7, 11) is 0. The van der Waals surface area contributed by atoms with E-state index >= 15 is 0 Å². The zero-order valence-electron chi connectivity index (χ0n) is 13.3. The summed E-state index contributed by atoms with van der Waals surface area (Å²) in [6, 6.07) is 17.5. The fraction of sp³-hybridized carbons (Fsp3) is 0.211. The van der Waals surface area contributed by atoms with Crippen molar-refractivity contribution in [1.82, 2.24) is 10.2 Å². The van der Waals surface area contributed by atoms with Crippen molar-refractivity contribution in [1.29, 1.82) is 0 Å². The lowest BCUT2D eigenvalue weighted by atomic mass is 10.1. The van der Waals surface area contributed by atoms with Gasteiger partial charge in [-0.05, 0) is 24.1 Å². The number of hydrogen-bond acceptors (Lipinski definition) is 2. The van der Waals surface area contributed by atoms with Gasteiger partial charge in [0.2, 0.25) is 0 Å². The van der Waals surface area contributed by atoms with Gasteiger partial charge >= 0.3 is 6.03 Å². The van der Waals surface area contributed by atoms with Crippen LogP contribution in [-0.2, 0) is 6.54 Å². The lowest BCUT2D eigenvalue weighted by Gasteiger charge is -2.21. The minimum Gasteiger partial charge on any atom is -0.395 e. The van der Waals surface area contributed by atoms with Crippen molar-refractivity contribution in [3.05, 3.63) is 77.5 Å². The number of urea groups is 1. The van der Waals surface area contributed by atoms with E-state index in [1.54, 1.807) is 11.1 Å². The van der Waals surface area contributed by atoms with Crippen LogP contribution in [0.1, 0.15) is 16.7 Å². The summed E-state index contributed by atoms with van der Waals surface area (Å²) >= 11 is 0. The molecule has 2 aromatic rings. The van der Waals surface area contributed by atoms with Crippen molar-refractivity contribution in [2.45, 2.75) is 13.5 Å². The van der Waals surface area contributed by atoms with E-state index in [9.17, 15) is 4.79 Å². The number of aliphatic hydroxyl groups is 1. The van der Waals surface area contributed by atoms with Gasteiger partial charge in [0.15, 0.2) is 0 Å². The molecule has 2 N–H and O–H groups in total. The highest BCUT2D eigenvalue weighted by atomic mass is 16.3. The van der Waals surface area contributed by atoms with Gasteiger partial charge in [-0.1, -0.05) is 60.2 Å². The van der Waals surface area contributed by atoms with Crippen molar-refractivity contribution in [2.24, 2.45) is 0 Å². The van der Waals surface area contributed by atoms with Crippen LogP contribution in [0.5, 0.6) is 0 Å². The van der Waals surface area contributed by atoms with Gasteiger partial charge in [0.1, 0.15) is 0 Å². The second-order valence-electron chi connectivity index (χ2n) is 5.33. The molecule has 0 bridgehead atoms. The first-order valence-corrected chi connectivity index (χ1v) is 7.62. The number of carbonyl (C=O) groups is 1. The molecule has 0 saturated heterocycles. The topological polar surface area (TPSA) is 52.6 Å². The molecule has 0 unspecified atom stereocenters. The number of hydrogen-bond donors (Lipinski definition) is 2. The van der Waals surface area contributed by atoms with Crippen LogP contribution in [0.25, 0.3) is 6.08 Å². The Kier molecular flexibility index (Phi) is 6.39. The highest BCUT2D eigenvalue weighted by molar-refractivity contribution is 5.76. The third-order valence-electron chi connectivity index (χ3n) is 3.40. The molecular formula is C19H22N2O2. The smallest absolute Gasteiger partial charge is 0.321 e. The molecule has 0 aliphatic rings. The SMILES string of the molecule is Cc1cccc(/C=C/NC(=O)N(CCO)Cc2ccccc2)c1. The van der Waals surface area contributed by atoms with Crippen molar-refractivity contribution in [3.8, 4) is 0 Å². The van der Waals surface area contributed by atoms with Gasteiger partial charge in [0.05, 0.1) is 6.61 Å². The fourth-order valence-electron chi connectivity index (χ4n) is 2.25. The molecule has 0 aromatic heterocycles. The number of aliphatic hydroxyl groups excluding tert-OH is 1. The Morgan fingerprint density at radius 3 is 2.65 bits per heavy atom. The van der Waals surface area contributed by atoms with Crippen molar-refractivity contribution >= 4 is 12.1 Å². The standard InChI is InChI=1S/C19H22N2O2/c1-16-6-5-9-17(14-16)10-11-20-19(23)21(12-13-22)15-18-7-3-2-4-8-18/h2-11,14,22H,12-13,15H2,1H3,(H,20,23)/b11-10+. The highest BCUT2D eigenvalue weighted by Gasteiger charge is 2.11. The van der Waals surface area contributed by atoms with Crippen molar-refractivity contribution in [2.75, 3.05) is 13.2 Å². The number of nitrogens with zero attached hydrogens (tertiary/aromatic N) is 1. The minimum atomic E-state index is -0.230. The van der Waals surface area contributed by atoms with Crippen molar-refractivity contribution < 1.29 is 9.90 Å². The molecule has 2 amide bonds. The van der Waals surface area contributed by atoms with Gasteiger partial charge in [-0.3, -0.25) is 0 Å². The van der Waals surface area contributed by atoms with E-state index < -0.39 is 0 Å². The maximum atomic E-state index is 12.2. The Labute approximate surface area is 137 Å². The summed E-state index contributed by atoms with van der Waals surface area (Å²) in [6.45, 7) is 2.71. The zero-order valence-corrected chi connectivity index (χ0v) is 13.3. The van der Waals surface area contributed by atoms with Crippen LogP contribution in [-0.4, -0.2) is 29.2 Å². The quantitative estimate of drug-likeness (QED) is 0.861. The zero-order chi connectivity index (χ0) is 16.5. The molecule has 120 valence electrons. The molecule has 0 fully saturated rings. The Hall–Kier alpha value is -2.59. The molecule has 0 saturated carbocycles. The minimum absolute atomic E-state index is 0.0676. The maximum absolute atomic E-state index is 12.2. The van der Waals surface area contributed by atoms with E-state index in [-0.39, 0.29) is 12.6 Å². The third kappa shape index (κ3) is 5.60. The summed E-state index contributed by atoms with van der Waals surface area (Å²) in [5.74, 6) is 0. The summed E-state index contributed by atoms with van der Waals surface area (Å²) in [5, 5.41) is 11.9. The number of rotatable bonds is 6. The number of aryl methyl sites for hydroxylation is 1. The molecule has 2 aromatic carbocycles. The summed E-state index contributed by atoms with van der Waals surface area (Å²) in [6.07, 6.45) is 3.48. The average molecular weight is 310 g/mol. The number of amides is 2. The molecule has 23 heavy (non-hydrogen) atoms. The average Bonchev–Trinajstić information content (AvgIpc) is 2.55. The Morgan fingerprint density at radius 2 is 1.96 bits per heavy atom. The molecule has 0 aliphatic heterocycles. The van der Waals surface area contributed by atoms with Gasteiger partial charge in [0.25, 0.3) is 0 Å². The summed E-state index contributed by atoms with van der Waals surface area (Å²) in [5.41, 5.74) is 3.23. The highest BCUT2D eigenvalue weighted by Crippen LogP contribution is 2.06. The van der Waals surface area contributed by atoms with Gasteiger partial charge in [-0.25, -0.2) is 4.79 Å². The molecular weight excluding hydrogens is 288 g/mol. The van der Waals surface area contributed by atoms with Crippen LogP contribution in [0.3, 0.4) is 0 Å². The normalized spacial score (nSPS) is 10.7. The number of nitrogens with one attached hydrogen (secondary N) is 1. The molecule has 0 spiro atoms. The largest absolute Gasteiger partial charge is 0.395 e. The van der Waals surface area contributed by atoms with Crippen molar-refractivity contribution in [3.63, 3.8) is 0 Å². The molecule has 0 atom stereocenters. The predicted octanol–water partition coefficient (Wildman–Crippen LogP) is 3.17. The lowest BCUT2D eigenvalue weighted by molar-refractivity contribution is 0.177. The van der Waals surface area contributed by atoms with E-state index in [0.29, 0.717) is 13.1 Å². The molecule has 0 aliphatic carbocycles. The molecule has 4 heteroatoms. The number of carbonyl (C=O) groups excluding carboxylic acids is 1. The Morgan fingerprint density at radius 1 is 1.17 bits per heavy atom. The first-order valence-electron chi connectivity index (χ1n) is 7.62. The second kappa shape index (κ2) is 8.76. The Balaban J connectivity index is 1.95. The maximum Gasteiger partial charge on any atom is 0.321 e. The van der Waals surface area contributed by atoms with E-state index in [0.717, 1.165) is 11.1 Å². The van der Waals surface area contributed by atoms with Crippen LogP contribution in [0.2, 0.25) is 0 Å². The van der Waals surface area contributed by atoms with E-state index in [1.807, 2.05) is 67.6 Å². The first-order chi connectivity index (χ1) is 11.2. The van der Waals surface area contributed by atoms with Gasteiger partial charge in [-0.2, -0.15) is 0 Å².